The molecular formula is C14H22N6. The van der Waals surface area contributed by atoms with Crippen LogP contribution < -0.4 is 10.6 Å². The topological polar surface area (TPSA) is 67.7 Å². The van der Waals surface area contributed by atoms with Gasteiger partial charge < -0.3 is 15.2 Å². The van der Waals surface area contributed by atoms with E-state index in [4.69, 9.17) is 0 Å². The van der Waals surface area contributed by atoms with Crippen molar-refractivity contribution < 1.29 is 0 Å². The van der Waals surface area contributed by atoms with E-state index in [-0.39, 0.29) is 6.04 Å². The van der Waals surface area contributed by atoms with Gasteiger partial charge in [0.1, 0.15) is 17.5 Å². The predicted molar refractivity (Wildman–Crippen MR) is 81.0 cm³/mol. The zero-order valence-electron chi connectivity index (χ0n) is 12.5. The molecule has 0 aliphatic rings. The molecule has 0 aromatic carbocycles. The van der Waals surface area contributed by atoms with Crippen LogP contribution in [-0.2, 0) is 13.0 Å². The van der Waals surface area contributed by atoms with Crippen LogP contribution >= 0.6 is 0 Å². The molecule has 0 bridgehead atoms. The van der Waals surface area contributed by atoms with Gasteiger partial charge in [-0.1, -0.05) is 6.92 Å². The highest BCUT2D eigenvalue weighted by Crippen LogP contribution is 2.20. The maximum Gasteiger partial charge on any atom is 0.135 e. The molecule has 0 aliphatic heterocycles. The van der Waals surface area contributed by atoms with Gasteiger partial charge in [0.15, 0.2) is 0 Å². The van der Waals surface area contributed by atoms with E-state index in [1.165, 1.54) is 0 Å². The van der Waals surface area contributed by atoms with Gasteiger partial charge in [0.25, 0.3) is 0 Å². The average Bonchev–Trinajstić information content (AvgIpc) is 2.93. The smallest absolute Gasteiger partial charge is 0.135 e. The van der Waals surface area contributed by atoms with Crippen molar-refractivity contribution in [1.82, 2.24) is 19.5 Å². The molecule has 108 valence electrons. The number of aromatic nitrogens is 4. The minimum absolute atomic E-state index is 0.257. The van der Waals surface area contributed by atoms with E-state index in [2.05, 4.69) is 39.4 Å². The van der Waals surface area contributed by atoms with Gasteiger partial charge in [0.2, 0.25) is 0 Å². The lowest BCUT2D eigenvalue weighted by Gasteiger charge is -2.18. The summed E-state index contributed by atoms with van der Waals surface area (Å²) < 4.78 is 2.05. The Morgan fingerprint density at radius 1 is 1.30 bits per heavy atom. The molecule has 0 saturated carbocycles. The molecule has 0 amide bonds. The lowest BCUT2D eigenvalue weighted by Crippen LogP contribution is -2.23. The van der Waals surface area contributed by atoms with Crippen LogP contribution in [0.1, 0.15) is 25.2 Å². The second-order valence-electron chi connectivity index (χ2n) is 4.87. The van der Waals surface area contributed by atoms with Crippen molar-refractivity contribution in [3.05, 3.63) is 30.1 Å². The van der Waals surface area contributed by atoms with Crippen LogP contribution in [-0.4, -0.2) is 32.6 Å². The summed E-state index contributed by atoms with van der Waals surface area (Å²) in [6.07, 6.45) is 6.39. The first-order valence-corrected chi connectivity index (χ1v) is 6.91. The van der Waals surface area contributed by atoms with Crippen molar-refractivity contribution in [2.24, 2.45) is 0 Å². The van der Waals surface area contributed by atoms with Crippen LogP contribution in [0.15, 0.2) is 18.7 Å². The van der Waals surface area contributed by atoms with Crippen molar-refractivity contribution >= 4 is 11.6 Å². The van der Waals surface area contributed by atoms with E-state index < -0.39 is 0 Å². The molecule has 6 nitrogen and oxygen atoms in total. The van der Waals surface area contributed by atoms with Crippen LogP contribution in [0.2, 0.25) is 0 Å². The Balaban J connectivity index is 2.15. The predicted octanol–water partition coefficient (Wildman–Crippen LogP) is 2.09. The molecule has 2 N–H and O–H groups in total. The van der Waals surface area contributed by atoms with Gasteiger partial charge in [-0.05, 0) is 13.8 Å². The fourth-order valence-electron chi connectivity index (χ4n) is 2.10. The fraction of sp³-hybridized carbons (Fsp3) is 0.500. The first-order chi connectivity index (χ1) is 9.63. The normalized spacial score (nSPS) is 12.2. The summed E-state index contributed by atoms with van der Waals surface area (Å²) in [5, 5.41) is 6.58. The summed E-state index contributed by atoms with van der Waals surface area (Å²) in [5.74, 6) is 2.63. The molecule has 0 fully saturated rings. The number of hydrogen-bond donors (Lipinski definition) is 2. The Hall–Kier alpha value is -2.11. The van der Waals surface area contributed by atoms with Crippen molar-refractivity contribution in [3.63, 3.8) is 0 Å². The number of aryl methyl sites for hydroxylation is 1. The van der Waals surface area contributed by atoms with E-state index in [1.54, 1.807) is 6.20 Å². The van der Waals surface area contributed by atoms with Crippen molar-refractivity contribution in [1.29, 1.82) is 0 Å². The number of nitrogens with one attached hydrogen (secondary N) is 2. The van der Waals surface area contributed by atoms with Crippen LogP contribution in [0.5, 0.6) is 0 Å². The second-order valence-corrected chi connectivity index (χ2v) is 4.87. The molecule has 0 saturated heterocycles. The molecule has 2 aromatic rings. The Morgan fingerprint density at radius 2 is 2.05 bits per heavy atom. The third-order valence-electron chi connectivity index (χ3n) is 3.17. The van der Waals surface area contributed by atoms with Crippen molar-refractivity contribution in [2.75, 3.05) is 17.7 Å². The molecule has 1 unspecified atom stereocenters. The summed E-state index contributed by atoms with van der Waals surface area (Å²) in [7, 11) is 1.88. The standard InChI is InChI=1S/C14H22N6/c1-5-12-18-13(15-4)11(3)14(19-12)17-10(2)8-20-7-6-16-9-20/h6-7,9-10H,5,8H2,1-4H3,(H2,15,17,18,19). The largest absolute Gasteiger partial charge is 0.373 e. The first kappa shape index (κ1) is 14.3. The number of nitrogens with zero attached hydrogens (tertiary/aromatic N) is 4. The maximum absolute atomic E-state index is 4.58. The zero-order chi connectivity index (χ0) is 14.5. The fourth-order valence-corrected chi connectivity index (χ4v) is 2.10. The summed E-state index contributed by atoms with van der Waals surface area (Å²) in [6.45, 7) is 7.06. The summed E-state index contributed by atoms with van der Waals surface area (Å²) >= 11 is 0. The number of hydrogen-bond acceptors (Lipinski definition) is 5. The van der Waals surface area contributed by atoms with Gasteiger partial charge in [-0.15, -0.1) is 0 Å². The molecular weight excluding hydrogens is 252 g/mol. The minimum atomic E-state index is 0.257. The van der Waals surface area contributed by atoms with Gasteiger partial charge in [0, 0.05) is 44.0 Å². The number of anilines is 2. The van der Waals surface area contributed by atoms with Crippen LogP contribution in [0.25, 0.3) is 0 Å². The van der Waals surface area contributed by atoms with E-state index in [1.807, 2.05) is 31.1 Å². The van der Waals surface area contributed by atoms with E-state index >= 15 is 0 Å². The molecule has 20 heavy (non-hydrogen) atoms. The van der Waals surface area contributed by atoms with Crippen molar-refractivity contribution in [2.45, 2.75) is 39.8 Å². The lowest BCUT2D eigenvalue weighted by atomic mass is 10.2. The van der Waals surface area contributed by atoms with Gasteiger partial charge in [-0.3, -0.25) is 0 Å². The van der Waals surface area contributed by atoms with Crippen molar-refractivity contribution in [3.8, 4) is 0 Å². The van der Waals surface area contributed by atoms with Gasteiger partial charge in [-0.2, -0.15) is 0 Å². The lowest BCUT2D eigenvalue weighted by molar-refractivity contribution is 0.616. The molecule has 6 heteroatoms. The molecule has 0 aliphatic carbocycles. The number of imidazole rings is 1. The third kappa shape index (κ3) is 3.26. The average molecular weight is 274 g/mol. The van der Waals surface area contributed by atoms with Gasteiger partial charge in [-0.25, -0.2) is 15.0 Å². The minimum Gasteiger partial charge on any atom is -0.373 e. The molecule has 0 radical (unpaired) electrons. The monoisotopic (exact) mass is 274 g/mol. The SMILES string of the molecule is CCc1nc(NC)c(C)c(NC(C)Cn2ccnc2)n1. The highest BCUT2D eigenvalue weighted by atomic mass is 15.1. The maximum atomic E-state index is 4.58. The molecule has 2 rings (SSSR count). The zero-order valence-corrected chi connectivity index (χ0v) is 12.5. The Labute approximate surface area is 119 Å². The molecule has 1 atom stereocenters. The Morgan fingerprint density at radius 3 is 2.65 bits per heavy atom. The summed E-state index contributed by atoms with van der Waals surface area (Å²) in [6, 6.07) is 0.257. The van der Waals surface area contributed by atoms with Gasteiger partial charge >= 0.3 is 0 Å². The third-order valence-corrected chi connectivity index (χ3v) is 3.17. The van der Waals surface area contributed by atoms with E-state index in [0.29, 0.717) is 0 Å². The first-order valence-electron chi connectivity index (χ1n) is 6.91. The van der Waals surface area contributed by atoms with Crippen LogP contribution in [0, 0.1) is 6.92 Å². The Kier molecular flexibility index (Phi) is 4.55. The summed E-state index contributed by atoms with van der Waals surface area (Å²) in [5.41, 5.74) is 1.04. The summed E-state index contributed by atoms with van der Waals surface area (Å²) in [4.78, 5) is 13.1. The second kappa shape index (κ2) is 6.36. The number of rotatable bonds is 6. The molecule has 2 aromatic heterocycles. The highest BCUT2D eigenvalue weighted by Gasteiger charge is 2.11. The van der Waals surface area contributed by atoms with Gasteiger partial charge in [0.05, 0.1) is 6.33 Å². The Bertz CT molecular complexity index is 549. The molecule has 2 heterocycles. The highest BCUT2D eigenvalue weighted by molar-refractivity contribution is 5.57. The molecule has 0 spiro atoms. The van der Waals surface area contributed by atoms with E-state index in [0.717, 1.165) is 36.0 Å². The van der Waals surface area contributed by atoms with E-state index in [9.17, 15) is 0 Å². The van der Waals surface area contributed by atoms with Crippen LogP contribution in [0.4, 0.5) is 11.6 Å². The van der Waals surface area contributed by atoms with Crippen LogP contribution in [0.3, 0.4) is 0 Å². The quantitative estimate of drug-likeness (QED) is 0.844.